The molecule has 1 rings (SSSR count). The average molecular weight is 299 g/mol. The van der Waals surface area contributed by atoms with Crippen LogP contribution in [0.3, 0.4) is 0 Å². The highest BCUT2D eigenvalue weighted by atomic mass is 16.5. The minimum Gasteiger partial charge on any atom is -0.469 e. The number of hydrogen-bond donors (Lipinski definition) is 1. The predicted octanol–water partition coefficient (Wildman–Crippen LogP) is 1.75. The van der Waals surface area contributed by atoms with Gasteiger partial charge in [-0.2, -0.15) is 0 Å². The first-order chi connectivity index (χ1) is 10.0. The lowest BCUT2D eigenvalue weighted by molar-refractivity contribution is -0.144. The lowest BCUT2D eigenvalue weighted by Crippen LogP contribution is -2.27. The Balaban J connectivity index is 2.15. The molecule has 1 aliphatic heterocycles. The van der Waals surface area contributed by atoms with Gasteiger partial charge in [0, 0.05) is 6.54 Å². The summed E-state index contributed by atoms with van der Waals surface area (Å²) in [6.07, 6.45) is 8.07. The van der Waals surface area contributed by atoms with Gasteiger partial charge in [0.15, 0.2) is 0 Å². The highest BCUT2D eigenvalue weighted by Crippen LogP contribution is 2.26. The zero-order valence-electron chi connectivity index (χ0n) is 13.5. The van der Waals surface area contributed by atoms with Gasteiger partial charge in [0.2, 0.25) is 0 Å². The maximum Gasteiger partial charge on any atom is 0.308 e. The van der Waals surface area contributed by atoms with E-state index in [9.17, 15) is 9.90 Å². The Morgan fingerprint density at radius 3 is 2.76 bits per heavy atom. The minimum absolute atomic E-state index is 0.104. The molecule has 21 heavy (non-hydrogen) atoms. The summed E-state index contributed by atoms with van der Waals surface area (Å²) in [5.41, 5.74) is 0. The third kappa shape index (κ3) is 7.60. The Morgan fingerprint density at radius 1 is 1.38 bits per heavy atom. The molecule has 0 aromatic carbocycles. The molecule has 1 N–H and O–H groups in total. The third-order valence-corrected chi connectivity index (χ3v) is 3.73. The number of hydrogen-bond acceptors (Lipinski definition) is 5. The molecule has 122 valence electrons. The van der Waals surface area contributed by atoms with Crippen molar-refractivity contribution in [1.82, 2.24) is 4.90 Å². The normalized spacial score (nSPS) is 23.9. The van der Waals surface area contributed by atoms with Gasteiger partial charge in [0.05, 0.1) is 31.8 Å². The van der Waals surface area contributed by atoms with Crippen molar-refractivity contribution in [3.8, 4) is 0 Å². The Morgan fingerprint density at radius 2 is 2.10 bits per heavy atom. The van der Waals surface area contributed by atoms with Gasteiger partial charge in [0.25, 0.3) is 0 Å². The highest BCUT2D eigenvalue weighted by molar-refractivity contribution is 5.69. The van der Waals surface area contributed by atoms with Crippen LogP contribution in [-0.2, 0) is 14.3 Å². The molecule has 0 amide bonds. The summed E-state index contributed by atoms with van der Waals surface area (Å²) in [6, 6.07) is 0. The topological polar surface area (TPSA) is 59.0 Å². The van der Waals surface area contributed by atoms with E-state index in [0.717, 1.165) is 32.2 Å². The van der Waals surface area contributed by atoms with Crippen molar-refractivity contribution in [2.75, 3.05) is 27.7 Å². The zero-order chi connectivity index (χ0) is 15.7. The van der Waals surface area contributed by atoms with E-state index in [2.05, 4.69) is 35.9 Å². The van der Waals surface area contributed by atoms with Crippen LogP contribution in [0, 0.1) is 0 Å². The van der Waals surface area contributed by atoms with Crippen LogP contribution >= 0.6 is 0 Å². The molecule has 0 aromatic rings. The smallest absolute Gasteiger partial charge is 0.308 e. The highest BCUT2D eigenvalue weighted by Gasteiger charge is 2.31. The summed E-state index contributed by atoms with van der Waals surface area (Å²) in [5, 5.41) is 10.1. The van der Waals surface area contributed by atoms with Crippen molar-refractivity contribution in [3.05, 3.63) is 12.2 Å². The Bertz CT molecular complexity index is 330. The van der Waals surface area contributed by atoms with Crippen molar-refractivity contribution < 1.29 is 19.4 Å². The van der Waals surface area contributed by atoms with Crippen molar-refractivity contribution in [1.29, 1.82) is 0 Å². The monoisotopic (exact) mass is 299 g/mol. The van der Waals surface area contributed by atoms with Gasteiger partial charge >= 0.3 is 5.97 Å². The number of aliphatic hydroxyl groups is 1. The number of esters is 1. The first-order valence-electron chi connectivity index (χ1n) is 7.73. The van der Waals surface area contributed by atoms with Crippen LogP contribution in [-0.4, -0.2) is 62.0 Å². The van der Waals surface area contributed by atoms with Crippen LogP contribution in [0.25, 0.3) is 0 Å². The van der Waals surface area contributed by atoms with Crippen LogP contribution in [0.2, 0.25) is 0 Å². The summed E-state index contributed by atoms with van der Waals surface area (Å²) in [7, 11) is 5.49. The van der Waals surface area contributed by atoms with Crippen LogP contribution in [0.15, 0.2) is 12.2 Å². The number of nitrogens with zero attached hydrogens (tertiary/aromatic N) is 1. The predicted molar refractivity (Wildman–Crippen MR) is 82.1 cm³/mol. The van der Waals surface area contributed by atoms with Gasteiger partial charge in [-0.15, -0.1) is 0 Å². The average Bonchev–Trinajstić information content (AvgIpc) is 2.90. The number of ether oxygens (including phenoxy) is 2. The lowest BCUT2D eigenvalue weighted by atomic mass is 10.0. The third-order valence-electron chi connectivity index (χ3n) is 3.73. The van der Waals surface area contributed by atoms with Crippen LogP contribution in [0.4, 0.5) is 0 Å². The molecule has 1 heterocycles. The summed E-state index contributed by atoms with van der Waals surface area (Å²) in [6.45, 7) is 1.04. The second kappa shape index (κ2) is 9.92. The number of rotatable bonds is 9. The number of methoxy groups -OCH3 is 1. The molecule has 5 nitrogen and oxygen atoms in total. The Labute approximate surface area is 127 Å². The van der Waals surface area contributed by atoms with Gasteiger partial charge in [0.1, 0.15) is 0 Å². The standard InChI is InChI=1S/C16H29NO4/c1-17(2)11-7-5-4-6-8-14(18)15-10-9-13(21-15)12-16(19)20-3/h4-5,13-15,18H,6-12H2,1-3H3/b5-4-/t13-,14-,15+/m0/s1. The van der Waals surface area contributed by atoms with E-state index in [1.807, 2.05) is 0 Å². The van der Waals surface area contributed by atoms with Crippen LogP contribution < -0.4 is 0 Å². The molecule has 1 fully saturated rings. The molecule has 0 unspecified atom stereocenters. The number of carbonyl (C=O) groups is 1. The van der Waals surface area contributed by atoms with Crippen LogP contribution in [0.1, 0.15) is 38.5 Å². The SMILES string of the molecule is COC(=O)C[C@@H]1CC[C@H]([C@@H](O)CC/C=C\CCN(C)C)O1. The molecule has 0 aromatic heterocycles. The fraction of sp³-hybridized carbons (Fsp3) is 0.812. The maximum absolute atomic E-state index is 11.2. The minimum atomic E-state index is -0.453. The Hall–Kier alpha value is -0.910. The van der Waals surface area contributed by atoms with Gasteiger partial charge in [-0.25, -0.2) is 0 Å². The van der Waals surface area contributed by atoms with Crippen molar-refractivity contribution in [2.45, 2.75) is 56.8 Å². The summed E-state index contributed by atoms with van der Waals surface area (Å²) >= 11 is 0. The number of aliphatic hydroxyl groups excluding tert-OH is 1. The molecule has 0 bridgehead atoms. The zero-order valence-corrected chi connectivity index (χ0v) is 13.5. The first-order valence-corrected chi connectivity index (χ1v) is 7.73. The molecule has 0 aliphatic carbocycles. The van der Waals surface area contributed by atoms with E-state index in [0.29, 0.717) is 6.42 Å². The lowest BCUT2D eigenvalue weighted by Gasteiger charge is -2.18. The maximum atomic E-state index is 11.2. The molecule has 1 aliphatic rings. The molecule has 3 atom stereocenters. The van der Waals surface area contributed by atoms with Crippen LogP contribution in [0.5, 0.6) is 0 Å². The van der Waals surface area contributed by atoms with E-state index < -0.39 is 6.10 Å². The van der Waals surface area contributed by atoms with E-state index in [4.69, 9.17) is 4.74 Å². The number of carbonyl (C=O) groups excluding carboxylic acids is 1. The molecular weight excluding hydrogens is 270 g/mol. The van der Waals surface area contributed by atoms with E-state index in [1.165, 1.54) is 7.11 Å². The van der Waals surface area contributed by atoms with Crippen molar-refractivity contribution in [2.24, 2.45) is 0 Å². The fourth-order valence-electron chi connectivity index (χ4n) is 2.46. The molecule has 5 heteroatoms. The largest absolute Gasteiger partial charge is 0.469 e. The summed E-state index contributed by atoms with van der Waals surface area (Å²) in [5.74, 6) is -0.251. The molecular formula is C16H29NO4. The molecule has 0 radical (unpaired) electrons. The van der Waals surface area contributed by atoms with Gasteiger partial charge < -0.3 is 19.5 Å². The number of allylic oxidation sites excluding steroid dienone is 1. The van der Waals surface area contributed by atoms with Gasteiger partial charge in [-0.05, 0) is 46.2 Å². The first kappa shape index (κ1) is 18.1. The second-order valence-electron chi connectivity index (χ2n) is 5.86. The summed E-state index contributed by atoms with van der Waals surface area (Å²) < 4.78 is 10.4. The van der Waals surface area contributed by atoms with Crippen molar-refractivity contribution in [3.63, 3.8) is 0 Å². The molecule has 1 saturated heterocycles. The second-order valence-corrected chi connectivity index (χ2v) is 5.86. The van der Waals surface area contributed by atoms with Gasteiger partial charge in [-0.1, -0.05) is 12.2 Å². The van der Waals surface area contributed by atoms with Gasteiger partial charge in [-0.3, -0.25) is 4.79 Å². The van der Waals surface area contributed by atoms with Crippen molar-refractivity contribution >= 4 is 5.97 Å². The molecule has 0 saturated carbocycles. The van der Waals surface area contributed by atoms with E-state index in [-0.39, 0.29) is 24.6 Å². The Kier molecular flexibility index (Phi) is 8.57. The van der Waals surface area contributed by atoms with E-state index in [1.54, 1.807) is 0 Å². The molecule has 0 spiro atoms. The van der Waals surface area contributed by atoms with E-state index >= 15 is 0 Å². The summed E-state index contributed by atoms with van der Waals surface area (Å²) in [4.78, 5) is 13.3. The quantitative estimate of drug-likeness (QED) is 0.519. The fourth-order valence-corrected chi connectivity index (χ4v) is 2.46.